The van der Waals surface area contributed by atoms with Crippen molar-refractivity contribution in [2.75, 3.05) is 45.1 Å². The van der Waals surface area contributed by atoms with Gasteiger partial charge in [0, 0.05) is 26.2 Å². The number of nitrogens with zero attached hydrogens (tertiary/aromatic N) is 4. The lowest BCUT2D eigenvalue weighted by molar-refractivity contribution is -0.136. The summed E-state index contributed by atoms with van der Waals surface area (Å²) >= 11 is 1.43. The van der Waals surface area contributed by atoms with E-state index in [1.165, 1.54) is 18.2 Å². The van der Waals surface area contributed by atoms with Crippen LogP contribution in [0.25, 0.3) is 11.0 Å². The SMILES string of the molecule is C[C@@H]1CCCN(C(=O)CSc2nc3ccccc3n2CC(=O)N2CCOCC2)C1. The van der Waals surface area contributed by atoms with Gasteiger partial charge in [-0.15, -0.1) is 0 Å². The van der Waals surface area contributed by atoms with Crippen molar-refractivity contribution >= 4 is 34.6 Å². The summed E-state index contributed by atoms with van der Waals surface area (Å²) in [6.07, 6.45) is 2.26. The van der Waals surface area contributed by atoms with Gasteiger partial charge in [-0.05, 0) is 30.9 Å². The van der Waals surface area contributed by atoms with E-state index in [2.05, 4.69) is 6.92 Å². The molecular weight excluding hydrogens is 388 g/mol. The van der Waals surface area contributed by atoms with E-state index >= 15 is 0 Å². The summed E-state index contributed by atoms with van der Waals surface area (Å²) in [4.78, 5) is 34.0. The second kappa shape index (κ2) is 9.17. The molecule has 0 saturated carbocycles. The zero-order valence-corrected chi connectivity index (χ0v) is 17.7. The maximum Gasteiger partial charge on any atom is 0.242 e. The molecule has 2 aliphatic rings. The first-order valence-electron chi connectivity index (χ1n) is 10.3. The zero-order valence-electron chi connectivity index (χ0n) is 16.9. The van der Waals surface area contributed by atoms with Gasteiger partial charge in [0.15, 0.2) is 5.16 Å². The first-order chi connectivity index (χ1) is 14.1. The van der Waals surface area contributed by atoms with Gasteiger partial charge in [0.25, 0.3) is 0 Å². The summed E-state index contributed by atoms with van der Waals surface area (Å²) in [5, 5.41) is 0.728. The predicted octanol–water partition coefficient (Wildman–Crippen LogP) is 2.25. The molecule has 156 valence electrons. The van der Waals surface area contributed by atoms with Crippen molar-refractivity contribution in [2.24, 2.45) is 5.92 Å². The summed E-state index contributed by atoms with van der Waals surface area (Å²) in [6.45, 7) is 6.53. The highest BCUT2D eigenvalue weighted by Gasteiger charge is 2.23. The van der Waals surface area contributed by atoms with Crippen LogP contribution in [0.2, 0.25) is 0 Å². The van der Waals surface area contributed by atoms with Gasteiger partial charge < -0.3 is 19.1 Å². The molecule has 3 heterocycles. The van der Waals surface area contributed by atoms with Crippen LogP contribution in [0.15, 0.2) is 29.4 Å². The number of morpholine rings is 1. The second-order valence-electron chi connectivity index (χ2n) is 7.84. The van der Waals surface area contributed by atoms with Crippen LogP contribution in [0, 0.1) is 5.92 Å². The molecule has 0 aliphatic carbocycles. The Bertz CT molecular complexity index is 878. The summed E-state index contributed by atoms with van der Waals surface area (Å²) in [5.41, 5.74) is 1.78. The molecule has 0 radical (unpaired) electrons. The maximum atomic E-state index is 12.8. The third-order valence-electron chi connectivity index (χ3n) is 5.61. The minimum Gasteiger partial charge on any atom is -0.378 e. The van der Waals surface area contributed by atoms with Crippen LogP contribution >= 0.6 is 11.8 Å². The number of amides is 2. The topological polar surface area (TPSA) is 67.7 Å². The number of para-hydroxylation sites is 2. The minimum absolute atomic E-state index is 0.0643. The Morgan fingerprint density at radius 3 is 2.72 bits per heavy atom. The Morgan fingerprint density at radius 2 is 1.93 bits per heavy atom. The number of piperidine rings is 1. The molecule has 8 heteroatoms. The van der Waals surface area contributed by atoms with E-state index in [9.17, 15) is 9.59 Å². The van der Waals surface area contributed by atoms with E-state index in [1.54, 1.807) is 0 Å². The number of fused-ring (bicyclic) bond motifs is 1. The lowest BCUT2D eigenvalue weighted by atomic mass is 10.0. The van der Waals surface area contributed by atoms with Gasteiger partial charge in [0.1, 0.15) is 6.54 Å². The standard InChI is InChI=1S/C21H28N4O3S/c1-16-5-4-8-24(13-16)20(27)15-29-21-22-17-6-2-3-7-18(17)25(21)14-19(26)23-9-11-28-12-10-23/h2-3,6-7,16H,4-5,8-15H2,1H3/t16-/m1/s1. The molecule has 2 amide bonds. The highest BCUT2D eigenvalue weighted by molar-refractivity contribution is 7.99. The molecule has 1 aromatic carbocycles. The fourth-order valence-electron chi connectivity index (χ4n) is 4.00. The molecule has 7 nitrogen and oxygen atoms in total. The number of benzene rings is 1. The van der Waals surface area contributed by atoms with E-state index in [4.69, 9.17) is 9.72 Å². The highest BCUT2D eigenvalue weighted by Crippen LogP contribution is 2.25. The van der Waals surface area contributed by atoms with Gasteiger partial charge in [0.05, 0.1) is 30.0 Å². The molecule has 2 saturated heterocycles. The number of carbonyl (C=O) groups is 2. The Labute approximate surface area is 175 Å². The molecule has 0 bridgehead atoms. The molecule has 1 aromatic heterocycles. The highest BCUT2D eigenvalue weighted by atomic mass is 32.2. The Balaban J connectivity index is 1.48. The molecule has 1 atom stereocenters. The zero-order chi connectivity index (χ0) is 20.2. The second-order valence-corrected chi connectivity index (χ2v) is 8.78. The number of ether oxygens (including phenoxy) is 1. The number of rotatable bonds is 5. The van der Waals surface area contributed by atoms with Crippen LogP contribution in [0.3, 0.4) is 0 Å². The van der Waals surface area contributed by atoms with Crippen molar-refractivity contribution in [3.63, 3.8) is 0 Å². The number of likely N-dealkylation sites (tertiary alicyclic amines) is 1. The normalized spacial score (nSPS) is 20.2. The van der Waals surface area contributed by atoms with Gasteiger partial charge >= 0.3 is 0 Å². The van der Waals surface area contributed by atoms with Gasteiger partial charge in [-0.2, -0.15) is 0 Å². The predicted molar refractivity (Wildman–Crippen MR) is 113 cm³/mol. The smallest absolute Gasteiger partial charge is 0.242 e. The van der Waals surface area contributed by atoms with Crippen LogP contribution in [-0.4, -0.2) is 76.3 Å². The van der Waals surface area contributed by atoms with Crippen LogP contribution in [-0.2, 0) is 20.9 Å². The third kappa shape index (κ3) is 4.75. The number of imidazole rings is 1. The lowest BCUT2D eigenvalue weighted by Gasteiger charge is -2.30. The average molecular weight is 417 g/mol. The van der Waals surface area contributed by atoms with Crippen LogP contribution in [0.4, 0.5) is 0 Å². The number of aromatic nitrogens is 2. The summed E-state index contributed by atoms with van der Waals surface area (Å²) in [7, 11) is 0. The van der Waals surface area contributed by atoms with Crippen molar-refractivity contribution in [3.8, 4) is 0 Å². The quantitative estimate of drug-likeness (QED) is 0.700. The lowest BCUT2D eigenvalue weighted by Crippen LogP contribution is -2.42. The average Bonchev–Trinajstić information content (AvgIpc) is 3.10. The van der Waals surface area contributed by atoms with E-state index in [0.717, 1.165) is 35.7 Å². The van der Waals surface area contributed by atoms with Crippen molar-refractivity contribution in [1.29, 1.82) is 0 Å². The maximum absolute atomic E-state index is 12.8. The molecule has 4 rings (SSSR count). The van der Waals surface area contributed by atoms with Crippen molar-refractivity contribution in [3.05, 3.63) is 24.3 Å². The number of thioether (sulfide) groups is 1. The minimum atomic E-state index is 0.0643. The molecular formula is C21H28N4O3S. The largest absolute Gasteiger partial charge is 0.378 e. The number of hydrogen-bond acceptors (Lipinski definition) is 5. The van der Waals surface area contributed by atoms with Crippen molar-refractivity contribution in [2.45, 2.75) is 31.5 Å². The monoisotopic (exact) mass is 416 g/mol. The van der Waals surface area contributed by atoms with Gasteiger partial charge in [-0.1, -0.05) is 30.8 Å². The van der Waals surface area contributed by atoms with E-state index in [0.29, 0.717) is 38.0 Å². The number of hydrogen-bond donors (Lipinski definition) is 0. The molecule has 2 aromatic rings. The summed E-state index contributed by atoms with van der Waals surface area (Å²) in [6, 6.07) is 7.82. The van der Waals surface area contributed by atoms with Crippen LogP contribution in [0.5, 0.6) is 0 Å². The van der Waals surface area contributed by atoms with Gasteiger partial charge in [-0.3, -0.25) is 9.59 Å². The van der Waals surface area contributed by atoms with Gasteiger partial charge in [0.2, 0.25) is 11.8 Å². The van der Waals surface area contributed by atoms with E-state index in [-0.39, 0.29) is 18.4 Å². The van der Waals surface area contributed by atoms with Crippen LogP contribution < -0.4 is 0 Å². The van der Waals surface area contributed by atoms with Crippen LogP contribution in [0.1, 0.15) is 19.8 Å². The Hall–Kier alpha value is -2.06. The molecule has 29 heavy (non-hydrogen) atoms. The number of carbonyl (C=O) groups excluding carboxylic acids is 2. The third-order valence-corrected chi connectivity index (χ3v) is 6.57. The fraction of sp³-hybridized carbons (Fsp3) is 0.571. The first-order valence-corrected chi connectivity index (χ1v) is 11.3. The molecule has 0 N–H and O–H groups in total. The molecule has 2 aliphatic heterocycles. The van der Waals surface area contributed by atoms with E-state index < -0.39 is 0 Å². The van der Waals surface area contributed by atoms with Crippen molar-refractivity contribution < 1.29 is 14.3 Å². The molecule has 0 unspecified atom stereocenters. The molecule has 2 fully saturated rings. The summed E-state index contributed by atoms with van der Waals surface area (Å²) < 4.78 is 7.30. The molecule has 0 spiro atoms. The summed E-state index contributed by atoms with van der Waals surface area (Å²) in [5.74, 6) is 1.13. The van der Waals surface area contributed by atoms with Crippen molar-refractivity contribution in [1.82, 2.24) is 19.4 Å². The van der Waals surface area contributed by atoms with Gasteiger partial charge in [-0.25, -0.2) is 4.98 Å². The Kier molecular flexibility index (Phi) is 6.40. The first kappa shape index (κ1) is 20.2. The Morgan fingerprint density at radius 1 is 1.14 bits per heavy atom. The van der Waals surface area contributed by atoms with E-state index in [1.807, 2.05) is 38.6 Å². The fourth-order valence-corrected chi connectivity index (χ4v) is 4.91.